The number of hydrogen-bond acceptors (Lipinski definition) is 4. The van der Waals surface area contributed by atoms with Crippen LogP contribution in [0, 0.1) is 11.3 Å². The maximum absolute atomic E-state index is 10.5. The highest BCUT2D eigenvalue weighted by Gasteiger charge is 2.14. The summed E-state index contributed by atoms with van der Waals surface area (Å²) in [6.07, 6.45) is 1.49. The monoisotopic (exact) mass is 253 g/mol. The SMILES string of the molecule is CCN(CCC(=O)O)c1nccc(C#N)c1Cl. The molecule has 0 spiro atoms. The third kappa shape index (κ3) is 3.33. The smallest absolute Gasteiger partial charge is 0.305 e. The van der Waals surface area contributed by atoms with Crippen molar-refractivity contribution in [2.75, 3.05) is 18.0 Å². The van der Waals surface area contributed by atoms with Gasteiger partial charge in [0.2, 0.25) is 0 Å². The molecule has 0 amide bonds. The van der Waals surface area contributed by atoms with Crippen molar-refractivity contribution in [1.29, 1.82) is 5.26 Å². The summed E-state index contributed by atoms with van der Waals surface area (Å²) in [4.78, 5) is 16.3. The fraction of sp³-hybridized carbons (Fsp3) is 0.364. The van der Waals surface area contributed by atoms with Crippen molar-refractivity contribution >= 4 is 23.4 Å². The first-order valence-corrected chi connectivity index (χ1v) is 5.49. The minimum atomic E-state index is -0.879. The summed E-state index contributed by atoms with van der Waals surface area (Å²) in [5.41, 5.74) is 0.338. The first-order chi connectivity index (χ1) is 8.10. The molecule has 1 rings (SSSR count). The van der Waals surface area contributed by atoms with Gasteiger partial charge >= 0.3 is 5.97 Å². The largest absolute Gasteiger partial charge is 0.481 e. The molecule has 5 nitrogen and oxygen atoms in total. The summed E-state index contributed by atoms with van der Waals surface area (Å²) in [6.45, 7) is 2.77. The number of aliphatic carboxylic acids is 1. The van der Waals surface area contributed by atoms with Gasteiger partial charge in [0, 0.05) is 19.3 Å². The van der Waals surface area contributed by atoms with E-state index in [2.05, 4.69) is 4.98 Å². The van der Waals surface area contributed by atoms with E-state index in [1.165, 1.54) is 12.3 Å². The summed E-state index contributed by atoms with van der Waals surface area (Å²) in [5, 5.41) is 17.7. The Morgan fingerprint density at radius 2 is 2.41 bits per heavy atom. The summed E-state index contributed by atoms with van der Waals surface area (Å²) >= 11 is 6.02. The molecule has 0 aliphatic heterocycles. The number of carbonyl (C=O) groups is 1. The molecule has 0 unspecified atom stereocenters. The van der Waals surface area contributed by atoms with Crippen LogP contribution in [0.2, 0.25) is 5.02 Å². The van der Waals surface area contributed by atoms with E-state index in [9.17, 15) is 4.79 Å². The van der Waals surface area contributed by atoms with E-state index in [1.54, 1.807) is 4.90 Å². The van der Waals surface area contributed by atoms with Crippen LogP contribution in [-0.2, 0) is 4.79 Å². The van der Waals surface area contributed by atoms with Gasteiger partial charge in [-0.2, -0.15) is 5.26 Å². The van der Waals surface area contributed by atoms with E-state index in [0.29, 0.717) is 24.5 Å². The van der Waals surface area contributed by atoms with Gasteiger partial charge in [-0.05, 0) is 13.0 Å². The highest BCUT2D eigenvalue weighted by molar-refractivity contribution is 6.34. The molecular weight excluding hydrogens is 242 g/mol. The fourth-order valence-corrected chi connectivity index (χ4v) is 1.66. The molecule has 0 aromatic carbocycles. The average Bonchev–Trinajstić information content (AvgIpc) is 2.31. The number of nitriles is 1. The average molecular weight is 254 g/mol. The molecule has 1 heterocycles. The third-order valence-corrected chi connectivity index (χ3v) is 2.64. The van der Waals surface area contributed by atoms with Gasteiger partial charge in [-0.15, -0.1) is 0 Å². The minimum Gasteiger partial charge on any atom is -0.481 e. The van der Waals surface area contributed by atoms with Crippen molar-refractivity contribution < 1.29 is 9.90 Å². The van der Waals surface area contributed by atoms with E-state index in [4.69, 9.17) is 22.0 Å². The summed E-state index contributed by atoms with van der Waals surface area (Å²) in [5.74, 6) is -0.425. The van der Waals surface area contributed by atoms with Crippen molar-refractivity contribution in [2.24, 2.45) is 0 Å². The zero-order valence-electron chi connectivity index (χ0n) is 9.35. The van der Waals surface area contributed by atoms with E-state index in [0.717, 1.165) is 0 Å². The van der Waals surface area contributed by atoms with Crippen LogP contribution in [0.25, 0.3) is 0 Å². The van der Waals surface area contributed by atoms with Gasteiger partial charge in [0.15, 0.2) is 0 Å². The van der Waals surface area contributed by atoms with Gasteiger partial charge in [-0.1, -0.05) is 11.6 Å². The molecule has 0 bridgehead atoms. The number of hydrogen-bond donors (Lipinski definition) is 1. The Bertz CT molecular complexity index is 457. The zero-order valence-corrected chi connectivity index (χ0v) is 10.1. The molecule has 0 saturated carbocycles. The molecule has 0 aliphatic rings. The molecule has 0 aliphatic carbocycles. The molecule has 90 valence electrons. The van der Waals surface area contributed by atoms with Gasteiger partial charge in [0.05, 0.1) is 12.0 Å². The fourth-order valence-electron chi connectivity index (χ4n) is 1.38. The number of rotatable bonds is 5. The molecule has 17 heavy (non-hydrogen) atoms. The Labute approximate surface area is 104 Å². The normalized spacial score (nSPS) is 9.71. The van der Waals surface area contributed by atoms with Gasteiger partial charge in [-0.3, -0.25) is 4.79 Å². The molecule has 1 N–H and O–H groups in total. The second-order valence-electron chi connectivity index (χ2n) is 3.33. The predicted molar refractivity (Wildman–Crippen MR) is 64.1 cm³/mol. The van der Waals surface area contributed by atoms with E-state index in [1.807, 2.05) is 13.0 Å². The van der Waals surface area contributed by atoms with Gasteiger partial charge in [-0.25, -0.2) is 4.98 Å². The van der Waals surface area contributed by atoms with Crippen LogP contribution in [0.5, 0.6) is 0 Å². The molecule has 0 saturated heterocycles. The van der Waals surface area contributed by atoms with Crippen molar-refractivity contribution in [1.82, 2.24) is 4.98 Å². The third-order valence-electron chi connectivity index (χ3n) is 2.27. The van der Waals surface area contributed by atoms with Gasteiger partial charge in [0.25, 0.3) is 0 Å². The van der Waals surface area contributed by atoms with E-state index >= 15 is 0 Å². The number of pyridine rings is 1. The molecule has 1 aromatic heterocycles. The standard InChI is InChI=1S/C11H12ClN3O2/c1-2-15(6-4-9(16)17)11-10(12)8(7-13)3-5-14-11/h3,5H,2,4,6H2,1H3,(H,16,17). The van der Waals surface area contributed by atoms with Crippen molar-refractivity contribution in [3.63, 3.8) is 0 Å². The minimum absolute atomic E-state index is 0.00261. The molecule has 6 heteroatoms. The molecular formula is C11H12ClN3O2. The number of nitrogens with zero attached hydrogens (tertiary/aromatic N) is 3. The summed E-state index contributed by atoms with van der Waals surface area (Å²) < 4.78 is 0. The number of halogens is 1. The zero-order chi connectivity index (χ0) is 12.8. The lowest BCUT2D eigenvalue weighted by molar-refractivity contribution is -0.136. The lowest BCUT2D eigenvalue weighted by Gasteiger charge is -2.22. The lowest BCUT2D eigenvalue weighted by atomic mass is 10.2. The van der Waals surface area contributed by atoms with Crippen molar-refractivity contribution in [3.8, 4) is 6.07 Å². The Morgan fingerprint density at radius 3 is 2.94 bits per heavy atom. The highest BCUT2D eigenvalue weighted by Crippen LogP contribution is 2.26. The summed E-state index contributed by atoms with van der Waals surface area (Å²) in [6, 6.07) is 3.49. The molecule has 0 atom stereocenters. The van der Waals surface area contributed by atoms with Gasteiger partial charge < -0.3 is 10.0 Å². The topological polar surface area (TPSA) is 77.2 Å². The first-order valence-electron chi connectivity index (χ1n) is 5.11. The maximum Gasteiger partial charge on any atom is 0.305 e. The summed E-state index contributed by atoms with van der Waals surface area (Å²) in [7, 11) is 0. The predicted octanol–water partition coefficient (Wildman–Crippen LogP) is 1.91. The van der Waals surface area contributed by atoms with Crippen LogP contribution in [0.4, 0.5) is 5.82 Å². The number of carboxylic acids is 1. The van der Waals surface area contributed by atoms with E-state index in [-0.39, 0.29) is 11.4 Å². The quantitative estimate of drug-likeness (QED) is 0.867. The maximum atomic E-state index is 10.5. The molecule has 0 radical (unpaired) electrons. The van der Waals surface area contributed by atoms with E-state index < -0.39 is 5.97 Å². The Balaban J connectivity index is 2.96. The van der Waals surface area contributed by atoms with Crippen LogP contribution in [0.1, 0.15) is 18.9 Å². The Kier molecular flexibility index (Phi) is 4.73. The second-order valence-corrected chi connectivity index (χ2v) is 3.71. The van der Waals surface area contributed by atoms with Crippen molar-refractivity contribution in [3.05, 3.63) is 22.8 Å². The van der Waals surface area contributed by atoms with Crippen LogP contribution < -0.4 is 4.90 Å². The highest BCUT2D eigenvalue weighted by atomic mass is 35.5. The van der Waals surface area contributed by atoms with Crippen LogP contribution in [0.15, 0.2) is 12.3 Å². The second kappa shape index (κ2) is 6.06. The first kappa shape index (κ1) is 13.3. The number of aromatic nitrogens is 1. The Hall–Kier alpha value is -1.80. The Morgan fingerprint density at radius 1 is 1.71 bits per heavy atom. The van der Waals surface area contributed by atoms with Crippen LogP contribution in [0.3, 0.4) is 0 Å². The van der Waals surface area contributed by atoms with Gasteiger partial charge in [0.1, 0.15) is 16.9 Å². The number of anilines is 1. The van der Waals surface area contributed by atoms with Crippen LogP contribution in [-0.4, -0.2) is 29.1 Å². The lowest BCUT2D eigenvalue weighted by Crippen LogP contribution is -2.27. The molecule has 1 aromatic rings. The van der Waals surface area contributed by atoms with Crippen molar-refractivity contribution in [2.45, 2.75) is 13.3 Å². The molecule has 0 fully saturated rings. The number of carboxylic acid groups (broad SMARTS) is 1. The van der Waals surface area contributed by atoms with Crippen LogP contribution >= 0.6 is 11.6 Å².